The maximum Gasteiger partial charge on any atom is 0.0706 e. The number of nitrogens with zero attached hydrogens (tertiary/aromatic N) is 2. The summed E-state index contributed by atoms with van der Waals surface area (Å²) < 4.78 is 8.16. The lowest BCUT2D eigenvalue weighted by Gasteiger charge is -2.28. The van der Waals surface area contributed by atoms with Crippen molar-refractivity contribution in [1.82, 2.24) is 15.2 Å². The molecule has 0 radical (unpaired) electrons. The lowest BCUT2D eigenvalue weighted by molar-refractivity contribution is 0.00611. The van der Waals surface area contributed by atoms with E-state index >= 15 is 0 Å². The zero-order chi connectivity index (χ0) is 12.3. The quantitative estimate of drug-likeness (QED) is 0.637. The van der Waals surface area contributed by atoms with Gasteiger partial charge in [-0.1, -0.05) is 0 Å². The maximum absolute atomic E-state index is 5.60. The van der Waals surface area contributed by atoms with E-state index in [4.69, 9.17) is 10.6 Å². The number of hydrazine groups is 1. The highest BCUT2D eigenvalue weighted by Crippen LogP contribution is 2.29. The van der Waals surface area contributed by atoms with E-state index in [0.29, 0.717) is 0 Å². The first kappa shape index (κ1) is 13.6. The first-order valence-corrected chi connectivity index (χ1v) is 5.89. The third kappa shape index (κ3) is 3.04. The average molecular weight is 291 g/mol. The molecule has 1 unspecified atom stereocenters. The molecule has 0 aliphatic heterocycles. The molecule has 0 aromatic carbocycles. The number of hydrogen-bond acceptors (Lipinski definition) is 4. The summed E-state index contributed by atoms with van der Waals surface area (Å²) in [4.78, 5) is 0. The molecule has 0 amide bonds. The van der Waals surface area contributed by atoms with E-state index in [2.05, 4.69) is 26.5 Å². The van der Waals surface area contributed by atoms with Gasteiger partial charge in [0, 0.05) is 14.2 Å². The minimum Gasteiger partial charge on any atom is -0.379 e. The van der Waals surface area contributed by atoms with Crippen LogP contribution in [0.3, 0.4) is 0 Å². The van der Waals surface area contributed by atoms with Gasteiger partial charge in [-0.15, -0.1) is 0 Å². The van der Waals surface area contributed by atoms with E-state index in [1.54, 1.807) is 18.0 Å². The number of ether oxygens (including phenoxy) is 1. The molecular formula is C10H19BrN4O. The van der Waals surface area contributed by atoms with Crippen LogP contribution in [0.5, 0.6) is 0 Å². The van der Waals surface area contributed by atoms with Gasteiger partial charge in [0.25, 0.3) is 0 Å². The molecule has 1 rings (SSSR count). The molecule has 5 nitrogen and oxygen atoms in total. The molecule has 1 atom stereocenters. The van der Waals surface area contributed by atoms with Crippen LogP contribution in [-0.2, 0) is 11.8 Å². The summed E-state index contributed by atoms with van der Waals surface area (Å²) in [6, 6.07) is -0.00294. The van der Waals surface area contributed by atoms with Gasteiger partial charge in [0.15, 0.2) is 0 Å². The Kier molecular flexibility index (Phi) is 4.49. The van der Waals surface area contributed by atoms with E-state index in [1.807, 2.05) is 20.9 Å². The highest BCUT2D eigenvalue weighted by atomic mass is 79.9. The van der Waals surface area contributed by atoms with E-state index in [9.17, 15) is 0 Å². The lowest BCUT2D eigenvalue weighted by Crippen LogP contribution is -2.36. The normalized spacial score (nSPS) is 14.1. The Hall–Kier alpha value is -0.430. The molecule has 0 fully saturated rings. The van der Waals surface area contributed by atoms with Crippen molar-refractivity contribution in [1.29, 1.82) is 0 Å². The van der Waals surface area contributed by atoms with Gasteiger partial charge in [-0.2, -0.15) is 5.10 Å². The third-order valence-corrected chi connectivity index (χ3v) is 3.33. The summed E-state index contributed by atoms with van der Waals surface area (Å²) >= 11 is 3.47. The molecule has 1 aromatic rings. The van der Waals surface area contributed by atoms with E-state index in [1.165, 1.54) is 0 Å². The molecule has 0 bridgehead atoms. The van der Waals surface area contributed by atoms with Gasteiger partial charge in [-0.25, -0.2) is 0 Å². The maximum atomic E-state index is 5.60. The molecule has 0 aliphatic rings. The second-order valence-corrected chi connectivity index (χ2v) is 5.24. The molecule has 1 heterocycles. The van der Waals surface area contributed by atoms with Crippen LogP contribution in [0.2, 0.25) is 0 Å². The van der Waals surface area contributed by atoms with E-state index in [-0.39, 0.29) is 11.6 Å². The monoisotopic (exact) mass is 290 g/mol. The van der Waals surface area contributed by atoms with Crippen molar-refractivity contribution in [3.8, 4) is 0 Å². The van der Waals surface area contributed by atoms with Crippen LogP contribution in [-0.4, -0.2) is 22.5 Å². The van der Waals surface area contributed by atoms with Crippen molar-refractivity contribution < 1.29 is 4.74 Å². The Morgan fingerprint density at radius 2 is 2.31 bits per heavy atom. The zero-order valence-corrected chi connectivity index (χ0v) is 11.7. The predicted molar refractivity (Wildman–Crippen MR) is 66.7 cm³/mol. The Bertz CT molecular complexity index is 331. The molecular weight excluding hydrogens is 272 g/mol. The van der Waals surface area contributed by atoms with Crippen LogP contribution in [0.25, 0.3) is 0 Å². The molecule has 6 heteroatoms. The topological polar surface area (TPSA) is 65.1 Å². The van der Waals surface area contributed by atoms with Crippen LogP contribution in [0.1, 0.15) is 32.0 Å². The fourth-order valence-corrected chi connectivity index (χ4v) is 2.25. The van der Waals surface area contributed by atoms with Crippen molar-refractivity contribution in [3.05, 3.63) is 16.4 Å². The number of aryl methyl sites for hydroxylation is 1. The van der Waals surface area contributed by atoms with Crippen molar-refractivity contribution in [2.75, 3.05) is 7.11 Å². The van der Waals surface area contributed by atoms with E-state index < -0.39 is 0 Å². The van der Waals surface area contributed by atoms with Gasteiger partial charge in [0.2, 0.25) is 0 Å². The molecule has 16 heavy (non-hydrogen) atoms. The Balaban J connectivity index is 2.91. The molecule has 0 saturated carbocycles. The van der Waals surface area contributed by atoms with Gasteiger partial charge in [-0.3, -0.25) is 16.0 Å². The van der Waals surface area contributed by atoms with Gasteiger partial charge in [0.05, 0.1) is 28.0 Å². The largest absolute Gasteiger partial charge is 0.379 e. The minimum absolute atomic E-state index is 0.00294. The molecule has 92 valence electrons. The van der Waals surface area contributed by atoms with Crippen molar-refractivity contribution >= 4 is 15.9 Å². The number of nitrogens with one attached hydrogen (secondary N) is 1. The predicted octanol–water partition coefficient (Wildman–Crippen LogP) is 1.50. The zero-order valence-electron chi connectivity index (χ0n) is 10.1. The second kappa shape index (κ2) is 5.27. The number of nitrogens with two attached hydrogens (primary N) is 1. The number of halogens is 1. The fourth-order valence-electron chi connectivity index (χ4n) is 1.62. The summed E-state index contributed by atoms with van der Waals surface area (Å²) in [5.41, 5.74) is 3.59. The van der Waals surface area contributed by atoms with Gasteiger partial charge < -0.3 is 4.74 Å². The average Bonchev–Trinajstić information content (AvgIpc) is 2.56. The Morgan fingerprint density at radius 1 is 1.69 bits per heavy atom. The summed E-state index contributed by atoms with van der Waals surface area (Å²) in [7, 11) is 3.59. The standard InChI is InChI=1S/C10H19BrN4O/c1-10(2,16-4)5-8(14-12)9-7(11)6-13-15(9)3/h6,8,14H,5,12H2,1-4H3. The highest BCUT2D eigenvalue weighted by molar-refractivity contribution is 9.10. The van der Waals surface area contributed by atoms with Crippen LogP contribution >= 0.6 is 15.9 Å². The van der Waals surface area contributed by atoms with Crippen molar-refractivity contribution in [2.24, 2.45) is 12.9 Å². The van der Waals surface area contributed by atoms with Crippen LogP contribution in [0, 0.1) is 0 Å². The molecule has 3 N–H and O–H groups in total. The lowest BCUT2D eigenvalue weighted by atomic mass is 9.97. The molecule has 0 aliphatic carbocycles. The summed E-state index contributed by atoms with van der Waals surface area (Å²) in [6.45, 7) is 4.06. The Morgan fingerprint density at radius 3 is 2.69 bits per heavy atom. The fraction of sp³-hybridized carbons (Fsp3) is 0.700. The van der Waals surface area contributed by atoms with Gasteiger partial charge >= 0.3 is 0 Å². The highest BCUT2D eigenvalue weighted by Gasteiger charge is 2.26. The minimum atomic E-state index is -0.235. The van der Waals surface area contributed by atoms with Gasteiger partial charge in [-0.05, 0) is 36.2 Å². The van der Waals surface area contributed by atoms with E-state index in [0.717, 1.165) is 16.6 Å². The number of hydrogen-bond donors (Lipinski definition) is 2. The van der Waals surface area contributed by atoms with Crippen LogP contribution in [0.15, 0.2) is 10.7 Å². The number of rotatable bonds is 5. The van der Waals surface area contributed by atoms with Crippen LogP contribution in [0.4, 0.5) is 0 Å². The number of methoxy groups -OCH3 is 1. The first-order chi connectivity index (χ1) is 7.41. The molecule has 0 saturated heterocycles. The van der Waals surface area contributed by atoms with Gasteiger partial charge in [0.1, 0.15) is 0 Å². The first-order valence-electron chi connectivity index (χ1n) is 5.10. The van der Waals surface area contributed by atoms with Crippen molar-refractivity contribution in [3.63, 3.8) is 0 Å². The SMILES string of the molecule is COC(C)(C)CC(NN)c1c(Br)cnn1C. The Labute approximate surface area is 104 Å². The third-order valence-electron chi connectivity index (χ3n) is 2.72. The second-order valence-electron chi connectivity index (χ2n) is 4.39. The van der Waals surface area contributed by atoms with Crippen molar-refractivity contribution in [2.45, 2.75) is 31.9 Å². The summed E-state index contributed by atoms with van der Waals surface area (Å²) in [5, 5.41) is 4.17. The van der Waals surface area contributed by atoms with Crippen LogP contribution < -0.4 is 11.3 Å². The smallest absolute Gasteiger partial charge is 0.0706 e. The number of aromatic nitrogens is 2. The summed E-state index contributed by atoms with van der Waals surface area (Å²) in [6.07, 6.45) is 2.53. The summed E-state index contributed by atoms with van der Waals surface area (Å²) in [5.74, 6) is 5.60. The molecule has 0 spiro atoms. The molecule has 1 aromatic heterocycles.